The number of hydrogen-bond acceptors (Lipinski definition) is 4. The molecule has 0 aromatic heterocycles. The second-order valence-electron chi connectivity index (χ2n) is 5.12. The number of carbonyl (C=O) groups is 1. The SMILES string of the molecule is COC(=O)C(c1ccccc1)N1CCC(C(C)O)C1. The molecule has 19 heavy (non-hydrogen) atoms. The molecule has 1 aliphatic heterocycles. The second kappa shape index (κ2) is 6.17. The number of methoxy groups -OCH3 is 1. The van der Waals surface area contributed by atoms with Crippen molar-refractivity contribution in [2.24, 2.45) is 5.92 Å². The summed E-state index contributed by atoms with van der Waals surface area (Å²) in [5.74, 6) is -0.00619. The Morgan fingerprint density at radius 1 is 1.42 bits per heavy atom. The summed E-state index contributed by atoms with van der Waals surface area (Å²) in [4.78, 5) is 14.1. The number of rotatable bonds is 4. The Kier molecular flexibility index (Phi) is 4.56. The van der Waals surface area contributed by atoms with Crippen molar-refractivity contribution in [2.45, 2.75) is 25.5 Å². The molecule has 1 saturated heterocycles. The molecular weight excluding hydrogens is 242 g/mol. The highest BCUT2D eigenvalue weighted by molar-refractivity contribution is 5.77. The summed E-state index contributed by atoms with van der Waals surface area (Å²) in [5, 5.41) is 9.68. The van der Waals surface area contributed by atoms with E-state index < -0.39 is 0 Å². The Morgan fingerprint density at radius 3 is 2.63 bits per heavy atom. The second-order valence-corrected chi connectivity index (χ2v) is 5.12. The summed E-state index contributed by atoms with van der Waals surface area (Å²) >= 11 is 0. The molecule has 1 N–H and O–H groups in total. The summed E-state index contributed by atoms with van der Waals surface area (Å²) in [6, 6.07) is 9.30. The predicted octanol–water partition coefficient (Wildman–Crippen LogP) is 1.60. The van der Waals surface area contributed by atoms with Gasteiger partial charge in [-0.25, -0.2) is 4.79 Å². The molecule has 1 fully saturated rings. The van der Waals surface area contributed by atoms with Gasteiger partial charge in [0.1, 0.15) is 6.04 Å². The van der Waals surface area contributed by atoms with Gasteiger partial charge in [0.05, 0.1) is 13.2 Å². The summed E-state index contributed by atoms with van der Waals surface area (Å²) in [6.07, 6.45) is 0.580. The van der Waals surface area contributed by atoms with Crippen LogP contribution < -0.4 is 0 Å². The number of aliphatic hydroxyl groups excluding tert-OH is 1. The Bertz CT molecular complexity index is 419. The van der Waals surface area contributed by atoms with Gasteiger partial charge in [-0.15, -0.1) is 0 Å². The first-order valence-electron chi connectivity index (χ1n) is 6.68. The average Bonchev–Trinajstić information content (AvgIpc) is 2.89. The van der Waals surface area contributed by atoms with Crippen LogP contribution in [0.5, 0.6) is 0 Å². The highest BCUT2D eigenvalue weighted by Gasteiger charge is 2.35. The quantitative estimate of drug-likeness (QED) is 0.838. The van der Waals surface area contributed by atoms with Crippen molar-refractivity contribution in [1.29, 1.82) is 0 Å². The minimum atomic E-state index is -0.366. The first kappa shape index (κ1) is 14.0. The number of hydrogen-bond donors (Lipinski definition) is 1. The molecule has 0 saturated carbocycles. The lowest BCUT2D eigenvalue weighted by Gasteiger charge is -2.26. The van der Waals surface area contributed by atoms with Crippen LogP contribution in [0.1, 0.15) is 24.9 Å². The van der Waals surface area contributed by atoms with Gasteiger partial charge in [-0.1, -0.05) is 30.3 Å². The first-order chi connectivity index (χ1) is 9.13. The van der Waals surface area contributed by atoms with Crippen LogP contribution >= 0.6 is 0 Å². The fourth-order valence-corrected chi connectivity index (χ4v) is 2.69. The number of aliphatic hydroxyl groups is 1. The Morgan fingerprint density at radius 2 is 2.11 bits per heavy atom. The molecule has 1 aliphatic rings. The van der Waals surface area contributed by atoms with Gasteiger partial charge in [-0.2, -0.15) is 0 Å². The summed E-state index contributed by atoms with van der Waals surface area (Å²) in [5.41, 5.74) is 0.945. The molecule has 0 bridgehead atoms. The van der Waals surface area contributed by atoms with Crippen LogP contribution in [0.15, 0.2) is 30.3 Å². The van der Waals surface area contributed by atoms with E-state index in [4.69, 9.17) is 4.74 Å². The van der Waals surface area contributed by atoms with Crippen LogP contribution in [0.4, 0.5) is 0 Å². The van der Waals surface area contributed by atoms with Gasteiger partial charge in [0, 0.05) is 6.54 Å². The maximum Gasteiger partial charge on any atom is 0.327 e. The van der Waals surface area contributed by atoms with Crippen molar-refractivity contribution in [3.05, 3.63) is 35.9 Å². The fourth-order valence-electron chi connectivity index (χ4n) is 2.69. The zero-order valence-corrected chi connectivity index (χ0v) is 11.5. The molecule has 3 unspecified atom stereocenters. The van der Waals surface area contributed by atoms with E-state index in [0.717, 1.165) is 25.1 Å². The van der Waals surface area contributed by atoms with E-state index in [0.29, 0.717) is 0 Å². The molecule has 0 radical (unpaired) electrons. The molecule has 1 aromatic rings. The number of carbonyl (C=O) groups excluding carboxylic acids is 1. The lowest BCUT2D eigenvalue weighted by Crippen LogP contribution is -2.34. The lowest BCUT2D eigenvalue weighted by molar-refractivity contribution is -0.147. The van der Waals surface area contributed by atoms with Crippen molar-refractivity contribution in [1.82, 2.24) is 4.90 Å². The van der Waals surface area contributed by atoms with Crippen molar-refractivity contribution >= 4 is 5.97 Å². The van der Waals surface area contributed by atoms with Gasteiger partial charge in [-0.3, -0.25) is 4.90 Å². The topological polar surface area (TPSA) is 49.8 Å². The molecule has 104 valence electrons. The van der Waals surface area contributed by atoms with Crippen molar-refractivity contribution in [2.75, 3.05) is 20.2 Å². The van der Waals surface area contributed by atoms with Gasteiger partial charge in [0.2, 0.25) is 0 Å². The van der Waals surface area contributed by atoms with Crippen LogP contribution in [0.25, 0.3) is 0 Å². The molecule has 4 nitrogen and oxygen atoms in total. The van der Waals surface area contributed by atoms with Gasteiger partial charge in [0.15, 0.2) is 0 Å². The van der Waals surface area contributed by atoms with Crippen molar-refractivity contribution in [3.8, 4) is 0 Å². The number of esters is 1. The van der Waals surface area contributed by atoms with Crippen LogP contribution in [0, 0.1) is 5.92 Å². The Balaban J connectivity index is 2.18. The summed E-state index contributed by atoms with van der Waals surface area (Å²) < 4.78 is 4.93. The molecule has 4 heteroatoms. The lowest BCUT2D eigenvalue weighted by atomic mass is 10.0. The van der Waals surface area contributed by atoms with E-state index in [1.54, 1.807) is 0 Å². The number of ether oxygens (including phenoxy) is 1. The van der Waals surface area contributed by atoms with Crippen molar-refractivity contribution < 1.29 is 14.6 Å². The van der Waals surface area contributed by atoms with Gasteiger partial charge < -0.3 is 9.84 Å². The maximum absolute atomic E-state index is 12.0. The maximum atomic E-state index is 12.0. The van der Waals surface area contributed by atoms with Crippen LogP contribution in [0.2, 0.25) is 0 Å². The fraction of sp³-hybridized carbons (Fsp3) is 0.533. The largest absolute Gasteiger partial charge is 0.468 e. The zero-order valence-electron chi connectivity index (χ0n) is 11.5. The number of benzene rings is 1. The summed E-state index contributed by atoms with van der Waals surface area (Å²) in [7, 11) is 1.42. The molecular formula is C15H21NO3. The van der Waals surface area contributed by atoms with E-state index in [-0.39, 0.29) is 24.0 Å². The smallest absolute Gasteiger partial charge is 0.327 e. The third-order valence-corrected chi connectivity index (χ3v) is 3.84. The molecule has 0 aliphatic carbocycles. The molecule has 1 aromatic carbocycles. The minimum Gasteiger partial charge on any atom is -0.468 e. The van der Waals surface area contributed by atoms with E-state index in [1.165, 1.54) is 7.11 Å². The summed E-state index contributed by atoms with van der Waals surface area (Å²) in [6.45, 7) is 3.35. The molecule has 0 spiro atoms. The van der Waals surface area contributed by atoms with E-state index in [1.807, 2.05) is 37.3 Å². The standard InChI is InChI=1S/C15H21NO3/c1-11(17)13-8-9-16(10-13)14(15(18)19-2)12-6-4-3-5-7-12/h3-7,11,13-14,17H,8-10H2,1-2H3. The third-order valence-electron chi connectivity index (χ3n) is 3.84. The highest BCUT2D eigenvalue weighted by atomic mass is 16.5. The molecule has 1 heterocycles. The van der Waals surface area contributed by atoms with Gasteiger partial charge in [0.25, 0.3) is 0 Å². The van der Waals surface area contributed by atoms with E-state index >= 15 is 0 Å². The van der Waals surface area contributed by atoms with Gasteiger partial charge in [-0.05, 0) is 31.4 Å². The van der Waals surface area contributed by atoms with Crippen molar-refractivity contribution in [3.63, 3.8) is 0 Å². The number of nitrogens with zero attached hydrogens (tertiary/aromatic N) is 1. The number of likely N-dealkylation sites (tertiary alicyclic amines) is 1. The third kappa shape index (κ3) is 3.14. The highest BCUT2D eigenvalue weighted by Crippen LogP contribution is 2.30. The monoisotopic (exact) mass is 263 g/mol. The van der Waals surface area contributed by atoms with E-state index in [2.05, 4.69) is 4.90 Å². The van der Waals surface area contributed by atoms with Crippen LogP contribution in [0.3, 0.4) is 0 Å². The first-order valence-corrected chi connectivity index (χ1v) is 6.68. The normalized spacial score (nSPS) is 23.0. The minimum absolute atomic E-state index is 0.232. The Hall–Kier alpha value is -1.39. The van der Waals surface area contributed by atoms with E-state index in [9.17, 15) is 9.90 Å². The van der Waals surface area contributed by atoms with Crippen LogP contribution in [-0.2, 0) is 9.53 Å². The van der Waals surface area contributed by atoms with Gasteiger partial charge >= 0.3 is 5.97 Å². The molecule has 2 rings (SSSR count). The molecule has 0 amide bonds. The Labute approximate surface area is 114 Å². The predicted molar refractivity (Wildman–Crippen MR) is 72.6 cm³/mol. The molecule has 3 atom stereocenters. The zero-order chi connectivity index (χ0) is 13.8. The van der Waals surface area contributed by atoms with Crippen LogP contribution in [-0.4, -0.2) is 42.3 Å². The average molecular weight is 263 g/mol.